The number of carbonyl (C=O) groups excluding carboxylic acids is 10. The fraction of sp³-hybridized carbons (Fsp3) is 0.500. The van der Waals surface area contributed by atoms with Crippen LogP contribution in [0.15, 0.2) is 84.9 Å². The molecule has 5 aromatic rings. The number of halogens is 1. The van der Waals surface area contributed by atoms with Crippen molar-refractivity contribution < 1.29 is 87.4 Å². The summed E-state index contributed by atoms with van der Waals surface area (Å²) < 4.78 is 21.4. The number of aromatic amines is 1. The van der Waals surface area contributed by atoms with E-state index in [0.29, 0.717) is 43.7 Å². The summed E-state index contributed by atoms with van der Waals surface area (Å²) in [4.78, 5) is 151. The van der Waals surface area contributed by atoms with E-state index in [1.165, 1.54) is 25.1 Å². The molecular formula is C72H97FN12O17. The van der Waals surface area contributed by atoms with E-state index in [9.17, 15) is 78.3 Å². The van der Waals surface area contributed by atoms with E-state index < -0.39 is 194 Å². The van der Waals surface area contributed by atoms with Gasteiger partial charge in [0.15, 0.2) is 29.0 Å². The molecule has 0 fully saturated rings. The van der Waals surface area contributed by atoms with Gasteiger partial charge >= 0.3 is 5.97 Å². The van der Waals surface area contributed by atoms with Crippen LogP contribution in [0.3, 0.4) is 0 Å². The Morgan fingerprint density at radius 1 is 0.667 bits per heavy atom. The number of hydrogen-bond donors (Lipinski definition) is 14. The Morgan fingerprint density at radius 2 is 1.30 bits per heavy atom. The number of carboxylic acid groups (broad SMARTS) is 1. The van der Waals surface area contributed by atoms with Gasteiger partial charge in [0.1, 0.15) is 35.7 Å². The summed E-state index contributed by atoms with van der Waals surface area (Å²) in [5.74, 6) is -14.5. The maximum absolute atomic E-state index is 15.5. The smallest absolute Gasteiger partial charge is 0.305 e. The standard InChI is InChI=1S/C72H97FN12O17/c1-7-46-31-51(102-26-11-10-25-74)21-22-52(46)47-19-17-44(18-20-47)30-49(68(98)77-55(67(76)97)16-12-13-45-28-40(2)27-41(3)29-45)32-59(91)57(35-64(95)96)78-69(99)50(38-86)33-60(92)65(42(4)88)81-71(101)72(6,36-48-14-8-9-15-53(48)73)37-61(93)66(43(5)89)80-63(94)24-23-58(90)56(34-62-82-84-85-83-62)79-70(100)54(75)39-87/h8-9,14-15,17-22,27-29,31,42-43,49-50,54-57,65-66,86-89H,7,10-13,16,23-26,30,32-39,74-75H2,1-6H3,(H2,76,97)(H,77,98)(H,78,99)(H,79,100)(H,80,94)(H,81,101)(H,95,96)(H,82,83,84,85)/t42-,43-,49-,50+,54+,55+,56+,57+,65+,66+,72-/m1/s1. The average Bonchev–Trinajstić information content (AvgIpc) is 0.848. The summed E-state index contributed by atoms with van der Waals surface area (Å²) in [5, 5.41) is 77.3. The number of benzene rings is 4. The van der Waals surface area contributed by atoms with Gasteiger partial charge in [0, 0.05) is 44.4 Å². The van der Waals surface area contributed by atoms with Gasteiger partial charge in [-0.05, 0) is 137 Å². The van der Waals surface area contributed by atoms with Gasteiger partial charge in [0.2, 0.25) is 35.4 Å². The molecule has 0 aliphatic carbocycles. The molecule has 0 aliphatic rings. The first kappa shape index (κ1) is 83.1. The number of nitrogens with two attached hydrogens (primary N) is 3. The van der Waals surface area contributed by atoms with Crippen molar-refractivity contribution in [3.63, 3.8) is 0 Å². The molecule has 0 aliphatic heterocycles. The van der Waals surface area contributed by atoms with Crippen LogP contribution in [-0.4, -0.2) is 186 Å². The Bertz CT molecular complexity index is 3670. The highest BCUT2D eigenvalue weighted by atomic mass is 19.1. The molecule has 554 valence electrons. The van der Waals surface area contributed by atoms with Crippen molar-refractivity contribution in [2.24, 2.45) is 34.5 Å². The number of unbranched alkanes of at least 4 members (excludes halogenated alkanes) is 1. The minimum absolute atomic E-state index is 0.00151. The Labute approximate surface area is 590 Å². The maximum Gasteiger partial charge on any atom is 0.305 e. The number of aliphatic hydroxyl groups is 4. The van der Waals surface area contributed by atoms with Gasteiger partial charge in [-0.25, -0.2) is 4.39 Å². The lowest BCUT2D eigenvalue weighted by molar-refractivity contribution is -0.142. The van der Waals surface area contributed by atoms with Gasteiger partial charge in [0.25, 0.3) is 0 Å². The van der Waals surface area contributed by atoms with Crippen LogP contribution in [0.2, 0.25) is 0 Å². The predicted octanol–water partition coefficient (Wildman–Crippen LogP) is 1.28. The molecule has 0 unspecified atom stereocenters. The molecular weight excluding hydrogens is 1320 g/mol. The summed E-state index contributed by atoms with van der Waals surface area (Å²) in [6, 6.07) is 14.6. The molecule has 0 saturated carbocycles. The highest BCUT2D eigenvalue weighted by molar-refractivity contribution is 6.00. The number of hydrogen-bond acceptors (Lipinski definition) is 21. The lowest BCUT2D eigenvalue weighted by Crippen LogP contribution is -2.55. The van der Waals surface area contributed by atoms with E-state index in [1.807, 2.05) is 69.3 Å². The van der Waals surface area contributed by atoms with Gasteiger partial charge in [-0.15, -0.1) is 10.2 Å². The number of aliphatic hydroxyl groups excluding tert-OH is 4. The van der Waals surface area contributed by atoms with Crippen LogP contribution in [0, 0.1) is 36.9 Å². The number of carbonyl (C=O) groups is 11. The first-order valence-corrected chi connectivity index (χ1v) is 33.9. The summed E-state index contributed by atoms with van der Waals surface area (Å²) >= 11 is 0. The van der Waals surface area contributed by atoms with E-state index >= 15 is 4.39 Å². The normalized spacial score (nSPS) is 14.9. The number of ketones is 4. The van der Waals surface area contributed by atoms with E-state index in [0.717, 1.165) is 66.1 Å². The second kappa shape index (κ2) is 40.7. The number of Topliss-reactive ketones (excluding diaryl/α,β-unsaturated/α-hetero) is 4. The molecule has 0 bridgehead atoms. The number of H-pyrrole nitrogens is 1. The third-order valence-electron chi connectivity index (χ3n) is 17.4. The van der Waals surface area contributed by atoms with Crippen LogP contribution in [0.4, 0.5) is 4.39 Å². The van der Waals surface area contributed by atoms with Crippen molar-refractivity contribution in [1.29, 1.82) is 0 Å². The van der Waals surface area contributed by atoms with Gasteiger partial charge in [0.05, 0.1) is 61.9 Å². The lowest BCUT2D eigenvalue weighted by atomic mass is 9.76. The van der Waals surface area contributed by atoms with Crippen LogP contribution >= 0.6 is 0 Å². The van der Waals surface area contributed by atoms with Crippen molar-refractivity contribution in [2.45, 2.75) is 186 Å². The van der Waals surface area contributed by atoms with Gasteiger partial charge in [-0.3, -0.25) is 52.7 Å². The molecule has 4 aromatic carbocycles. The number of carboxylic acids is 1. The Kier molecular flexibility index (Phi) is 33.2. The molecule has 0 radical (unpaired) electrons. The summed E-state index contributed by atoms with van der Waals surface area (Å²) in [7, 11) is 0. The summed E-state index contributed by atoms with van der Waals surface area (Å²) in [6.07, 6.45) is -5.86. The Morgan fingerprint density at radius 3 is 1.90 bits per heavy atom. The van der Waals surface area contributed by atoms with Crippen LogP contribution in [0.5, 0.6) is 5.75 Å². The number of tetrazole rings is 1. The number of aromatic nitrogens is 4. The third-order valence-corrected chi connectivity index (χ3v) is 17.4. The second-order valence-corrected chi connectivity index (χ2v) is 26.1. The second-order valence-electron chi connectivity index (χ2n) is 26.1. The van der Waals surface area contributed by atoms with Gasteiger partial charge in [-0.2, -0.15) is 5.21 Å². The van der Waals surface area contributed by atoms with Crippen LogP contribution < -0.4 is 48.5 Å². The molecule has 30 heteroatoms. The number of ether oxygens (including phenoxy) is 1. The number of aliphatic carboxylic acids is 1. The molecule has 11 atom stereocenters. The van der Waals surface area contributed by atoms with Crippen LogP contribution in [-0.2, 0) is 84.8 Å². The lowest BCUT2D eigenvalue weighted by Gasteiger charge is -2.33. The molecule has 6 amide bonds. The van der Waals surface area contributed by atoms with Crippen molar-refractivity contribution in [3.8, 4) is 16.9 Å². The van der Waals surface area contributed by atoms with E-state index in [-0.39, 0.29) is 30.7 Å². The highest BCUT2D eigenvalue weighted by Crippen LogP contribution is 2.32. The van der Waals surface area contributed by atoms with Gasteiger partial charge in [-0.1, -0.05) is 96.9 Å². The monoisotopic (exact) mass is 1420 g/mol. The SMILES string of the molecule is CCc1cc(OCCCCN)ccc1-c1ccc(C[C@H](CC(=O)[C@H](CC(=O)O)NC(=O)[C@H](CO)CC(=O)[C@@H](NC(=O)[C@@](C)(CC(=O)[C@@H](NC(=O)CCC(=O)[C@H](Cc2nn[nH]n2)NC(=O)[C@@H](N)CO)[C@@H](C)O)Cc2ccccc2F)[C@@H](C)O)C(=O)N[C@@H](CCCc2cc(C)cc(C)c2)C(N)=O)cc1. The molecule has 102 heavy (non-hydrogen) atoms. The van der Waals surface area contributed by atoms with Crippen molar-refractivity contribution >= 4 is 64.5 Å². The first-order chi connectivity index (χ1) is 48.4. The summed E-state index contributed by atoms with van der Waals surface area (Å²) in [5.41, 5.74) is 21.3. The van der Waals surface area contributed by atoms with E-state index in [2.05, 4.69) is 47.2 Å². The minimum Gasteiger partial charge on any atom is -0.494 e. The van der Waals surface area contributed by atoms with E-state index in [4.69, 9.17) is 21.9 Å². The topological polar surface area (TPSA) is 491 Å². The molecule has 0 spiro atoms. The number of amides is 6. The summed E-state index contributed by atoms with van der Waals surface area (Å²) in [6.45, 7) is 8.54. The van der Waals surface area contributed by atoms with Crippen molar-refractivity contribution in [3.05, 3.63) is 130 Å². The molecule has 5 rings (SSSR count). The molecule has 1 heterocycles. The fourth-order valence-corrected chi connectivity index (χ4v) is 11.8. The zero-order valence-corrected chi connectivity index (χ0v) is 58.4. The zero-order chi connectivity index (χ0) is 75.4. The number of nitrogens with zero attached hydrogens (tertiary/aromatic N) is 3. The van der Waals surface area contributed by atoms with Crippen molar-refractivity contribution in [2.75, 3.05) is 26.4 Å². The number of primary amides is 1. The minimum atomic E-state index is -2.08. The predicted molar refractivity (Wildman–Crippen MR) is 370 cm³/mol. The number of rotatable bonds is 46. The Balaban J connectivity index is 1.35. The van der Waals surface area contributed by atoms with Crippen LogP contribution in [0.1, 0.15) is 131 Å². The average molecular weight is 1420 g/mol. The van der Waals surface area contributed by atoms with Crippen LogP contribution in [0.25, 0.3) is 11.1 Å². The molecule has 0 saturated heterocycles. The Hall–Kier alpha value is -9.59. The van der Waals surface area contributed by atoms with Gasteiger partial charge < -0.3 is 74.1 Å². The highest BCUT2D eigenvalue weighted by Gasteiger charge is 2.43. The zero-order valence-electron chi connectivity index (χ0n) is 58.4. The largest absolute Gasteiger partial charge is 0.494 e. The number of aryl methyl sites for hydroxylation is 4. The quantitative estimate of drug-likeness (QED) is 0.0244. The van der Waals surface area contributed by atoms with E-state index in [1.54, 1.807) is 12.1 Å². The number of nitrogens with one attached hydrogen (secondary N) is 6. The molecule has 1 aromatic heterocycles. The van der Waals surface area contributed by atoms with Crippen molar-refractivity contribution in [1.82, 2.24) is 47.2 Å². The molecule has 29 nitrogen and oxygen atoms in total. The fourth-order valence-electron chi connectivity index (χ4n) is 11.8. The maximum atomic E-state index is 15.5. The third kappa shape index (κ3) is 26.1. The first-order valence-electron chi connectivity index (χ1n) is 33.9. The molecule has 17 N–H and O–H groups in total.